The average molecular weight is 573 g/mol. The first-order valence-corrected chi connectivity index (χ1v) is 13.3. The van der Waals surface area contributed by atoms with E-state index in [9.17, 15) is 14.4 Å². The fourth-order valence-corrected chi connectivity index (χ4v) is 5.24. The highest BCUT2D eigenvalue weighted by atomic mass is 35.5. The number of pyridine rings is 1. The van der Waals surface area contributed by atoms with Crippen LogP contribution in [0.4, 0.5) is 11.4 Å². The van der Waals surface area contributed by atoms with Gasteiger partial charge in [-0.25, -0.2) is 4.98 Å². The van der Waals surface area contributed by atoms with Crippen LogP contribution in [-0.4, -0.2) is 58.2 Å². The van der Waals surface area contributed by atoms with E-state index in [1.165, 1.54) is 19.4 Å². The Labute approximate surface area is 242 Å². The maximum Gasteiger partial charge on any atom is 0.291 e. The molecule has 10 nitrogen and oxygen atoms in total. The van der Waals surface area contributed by atoms with Gasteiger partial charge in [0.2, 0.25) is 0 Å². The predicted molar refractivity (Wildman–Crippen MR) is 157 cm³/mol. The molecule has 2 amide bonds. The number of hydrogen-bond donors (Lipinski definition) is 2. The van der Waals surface area contributed by atoms with Crippen LogP contribution >= 0.6 is 11.6 Å². The zero-order valence-electron chi connectivity index (χ0n) is 23.1. The highest BCUT2D eigenvalue weighted by Gasteiger charge is 2.25. The molecule has 4 aromatic rings. The van der Waals surface area contributed by atoms with E-state index < -0.39 is 5.91 Å². The van der Waals surface area contributed by atoms with Crippen molar-refractivity contribution in [2.24, 2.45) is 7.05 Å². The number of amides is 2. The van der Waals surface area contributed by atoms with E-state index in [2.05, 4.69) is 25.5 Å². The molecule has 2 aromatic carbocycles. The van der Waals surface area contributed by atoms with Gasteiger partial charge in [0.25, 0.3) is 11.8 Å². The second kappa shape index (κ2) is 11.5. The smallest absolute Gasteiger partial charge is 0.291 e. The van der Waals surface area contributed by atoms with E-state index in [1.807, 2.05) is 43.8 Å². The molecule has 0 saturated carbocycles. The van der Waals surface area contributed by atoms with Crippen LogP contribution in [0.5, 0.6) is 5.75 Å². The van der Waals surface area contributed by atoms with Crippen LogP contribution in [0.25, 0.3) is 11.1 Å². The third-order valence-corrected chi connectivity index (χ3v) is 7.65. The number of ether oxygens (including phenoxy) is 1. The molecule has 41 heavy (non-hydrogen) atoms. The van der Waals surface area contributed by atoms with E-state index >= 15 is 0 Å². The number of aldehydes is 1. The molecule has 0 aliphatic carbocycles. The topological polar surface area (TPSA) is 118 Å². The van der Waals surface area contributed by atoms with Crippen molar-refractivity contribution < 1.29 is 19.1 Å². The minimum atomic E-state index is -0.461. The molecular formula is C30H29ClN6O4. The zero-order valence-corrected chi connectivity index (χ0v) is 23.9. The van der Waals surface area contributed by atoms with Gasteiger partial charge in [-0.3, -0.25) is 19.4 Å². The van der Waals surface area contributed by atoms with Gasteiger partial charge >= 0.3 is 0 Å². The first kappa shape index (κ1) is 28.0. The Morgan fingerprint density at radius 2 is 1.76 bits per heavy atom. The Balaban J connectivity index is 1.40. The van der Waals surface area contributed by atoms with E-state index in [4.69, 9.17) is 16.3 Å². The van der Waals surface area contributed by atoms with Gasteiger partial charge < -0.3 is 24.8 Å². The van der Waals surface area contributed by atoms with Crippen molar-refractivity contribution in [1.29, 1.82) is 0 Å². The van der Waals surface area contributed by atoms with E-state index in [-0.39, 0.29) is 22.9 Å². The number of nitrogens with one attached hydrogen (secondary N) is 2. The molecule has 5 rings (SSSR count). The lowest BCUT2D eigenvalue weighted by Gasteiger charge is -2.21. The Kier molecular flexibility index (Phi) is 7.87. The highest BCUT2D eigenvalue weighted by Crippen LogP contribution is 2.37. The summed E-state index contributed by atoms with van der Waals surface area (Å²) in [6.07, 6.45) is 2.74. The van der Waals surface area contributed by atoms with Crippen LogP contribution in [0.15, 0.2) is 48.7 Å². The fourth-order valence-electron chi connectivity index (χ4n) is 4.96. The number of hydrogen-bond acceptors (Lipinski definition) is 7. The van der Waals surface area contributed by atoms with Crippen molar-refractivity contribution in [3.8, 4) is 16.9 Å². The van der Waals surface area contributed by atoms with E-state index in [0.717, 1.165) is 35.5 Å². The summed E-state index contributed by atoms with van der Waals surface area (Å²) >= 11 is 6.83. The second-order valence-electron chi connectivity index (χ2n) is 9.86. The van der Waals surface area contributed by atoms with Crippen molar-refractivity contribution in [3.63, 3.8) is 0 Å². The van der Waals surface area contributed by atoms with Crippen molar-refractivity contribution in [2.75, 3.05) is 31.3 Å². The van der Waals surface area contributed by atoms with Gasteiger partial charge in [0.05, 0.1) is 29.1 Å². The molecule has 1 aliphatic rings. The number of benzene rings is 2. The number of fused-ring (bicyclic) bond motifs is 1. The summed E-state index contributed by atoms with van der Waals surface area (Å²) in [5.74, 6) is -0.213. The van der Waals surface area contributed by atoms with Gasteiger partial charge in [0.1, 0.15) is 11.4 Å². The monoisotopic (exact) mass is 572 g/mol. The number of anilines is 2. The van der Waals surface area contributed by atoms with Crippen LogP contribution in [0.1, 0.15) is 48.4 Å². The molecule has 0 radical (unpaired) electrons. The SMILES string of the molecule is COc1cc(C(=O)Nc2cccc(-c3cccc(NC(=O)c4nc5c(n4C)CCN(C)C5)c3Cl)c2C)ncc1C=O. The summed E-state index contributed by atoms with van der Waals surface area (Å²) < 4.78 is 7.04. The Morgan fingerprint density at radius 1 is 1.05 bits per heavy atom. The normalized spacial score (nSPS) is 12.9. The summed E-state index contributed by atoms with van der Waals surface area (Å²) in [6, 6.07) is 12.3. The molecule has 210 valence electrons. The molecule has 2 aromatic heterocycles. The van der Waals surface area contributed by atoms with Crippen LogP contribution in [0.3, 0.4) is 0 Å². The maximum atomic E-state index is 13.2. The summed E-state index contributed by atoms with van der Waals surface area (Å²) in [7, 11) is 5.31. The molecule has 0 atom stereocenters. The van der Waals surface area contributed by atoms with E-state index in [1.54, 1.807) is 18.2 Å². The van der Waals surface area contributed by atoms with Crippen molar-refractivity contribution in [2.45, 2.75) is 19.9 Å². The Morgan fingerprint density at radius 3 is 2.49 bits per heavy atom. The van der Waals surface area contributed by atoms with Gasteiger partial charge in [0.15, 0.2) is 12.1 Å². The lowest BCUT2D eigenvalue weighted by Crippen LogP contribution is -2.27. The molecule has 1 aliphatic heterocycles. The van der Waals surface area contributed by atoms with Crippen molar-refractivity contribution >= 4 is 41.1 Å². The number of halogens is 1. The highest BCUT2D eigenvalue weighted by molar-refractivity contribution is 6.36. The number of nitrogens with zero attached hydrogens (tertiary/aromatic N) is 4. The van der Waals surface area contributed by atoms with Gasteiger partial charge in [-0.15, -0.1) is 0 Å². The quantitative estimate of drug-likeness (QED) is 0.307. The van der Waals surface area contributed by atoms with Crippen LogP contribution in [-0.2, 0) is 20.0 Å². The number of carbonyl (C=O) groups is 3. The first-order chi connectivity index (χ1) is 19.7. The first-order valence-electron chi connectivity index (χ1n) is 12.9. The molecule has 0 fully saturated rings. The predicted octanol–water partition coefficient (Wildman–Crippen LogP) is 4.76. The van der Waals surface area contributed by atoms with E-state index in [0.29, 0.717) is 40.6 Å². The van der Waals surface area contributed by atoms with Crippen molar-refractivity contribution in [3.05, 3.63) is 87.7 Å². The number of carbonyl (C=O) groups excluding carboxylic acids is 3. The number of rotatable bonds is 7. The summed E-state index contributed by atoms with van der Waals surface area (Å²) in [6.45, 7) is 3.48. The van der Waals surface area contributed by atoms with Crippen LogP contribution < -0.4 is 15.4 Å². The van der Waals surface area contributed by atoms with Crippen molar-refractivity contribution in [1.82, 2.24) is 19.4 Å². The average Bonchev–Trinajstić information content (AvgIpc) is 3.30. The van der Waals surface area contributed by atoms with Gasteiger partial charge in [-0.2, -0.15) is 0 Å². The molecular weight excluding hydrogens is 544 g/mol. The molecule has 3 heterocycles. The maximum absolute atomic E-state index is 13.2. The van der Waals surface area contributed by atoms with Gasteiger partial charge in [0, 0.05) is 55.8 Å². The fraction of sp³-hybridized carbons (Fsp3) is 0.233. The molecule has 0 unspecified atom stereocenters. The lowest BCUT2D eigenvalue weighted by molar-refractivity contribution is 0.100. The van der Waals surface area contributed by atoms with Gasteiger partial charge in [-0.05, 0) is 37.2 Å². The minimum Gasteiger partial charge on any atom is -0.496 e. The second-order valence-corrected chi connectivity index (χ2v) is 10.2. The Hall–Kier alpha value is -4.54. The largest absolute Gasteiger partial charge is 0.496 e. The lowest BCUT2D eigenvalue weighted by atomic mass is 9.98. The minimum absolute atomic E-state index is 0.0996. The third kappa shape index (κ3) is 5.44. The molecule has 2 N–H and O–H groups in total. The molecule has 0 saturated heterocycles. The third-order valence-electron chi connectivity index (χ3n) is 7.24. The molecule has 0 spiro atoms. The Bertz CT molecular complexity index is 1680. The molecule has 0 bridgehead atoms. The summed E-state index contributed by atoms with van der Waals surface area (Å²) in [4.78, 5) is 48.2. The number of imidazole rings is 1. The molecule has 11 heteroatoms. The summed E-state index contributed by atoms with van der Waals surface area (Å²) in [5, 5.41) is 6.16. The van der Waals surface area contributed by atoms with Gasteiger partial charge in [-0.1, -0.05) is 35.9 Å². The van der Waals surface area contributed by atoms with Crippen LogP contribution in [0, 0.1) is 6.92 Å². The number of aromatic nitrogens is 3. The zero-order chi connectivity index (χ0) is 29.3. The van der Waals surface area contributed by atoms with Crippen LogP contribution in [0.2, 0.25) is 5.02 Å². The summed E-state index contributed by atoms with van der Waals surface area (Å²) in [5.41, 5.74) is 5.57. The standard InChI is InChI=1S/C30H29ClN6O4/c1-17-19(7-5-9-21(17)34-29(39)23-13-26(41-4)18(16-38)14-32-23)20-8-6-10-22(27(20)31)35-30(40)28-33-24-15-36(2)12-11-25(24)37(28)3/h5-10,13-14,16H,11-12,15H2,1-4H3,(H,34,39)(H,35,40). The number of methoxy groups -OCH3 is 1. The number of likely N-dealkylation sites (N-methyl/N-ethyl adjacent to an activating group) is 1.